The number of hydrogen-bond acceptors (Lipinski definition) is 5. The predicted molar refractivity (Wildman–Crippen MR) is 110 cm³/mol. The molecule has 1 amide bonds. The van der Waals surface area contributed by atoms with Crippen molar-refractivity contribution in [1.82, 2.24) is 0 Å². The number of para-hydroxylation sites is 1. The molecule has 6 nitrogen and oxygen atoms in total. The molecule has 0 saturated heterocycles. The molecule has 0 spiro atoms. The minimum Gasteiger partial charge on any atom is -0.482 e. The molecule has 0 bridgehead atoms. The molecular formula is C23H21NO5. The second kappa shape index (κ2) is 9.01. The zero-order valence-electron chi connectivity index (χ0n) is 16.2. The third-order valence-corrected chi connectivity index (χ3v) is 4.32. The zero-order valence-corrected chi connectivity index (χ0v) is 16.2. The van der Waals surface area contributed by atoms with E-state index in [2.05, 4.69) is 5.32 Å². The monoisotopic (exact) mass is 391 g/mol. The first-order chi connectivity index (χ1) is 13.9. The van der Waals surface area contributed by atoms with E-state index in [0.717, 1.165) is 10.8 Å². The van der Waals surface area contributed by atoms with Crippen molar-refractivity contribution >= 4 is 34.1 Å². The number of rotatable bonds is 7. The van der Waals surface area contributed by atoms with Gasteiger partial charge in [-0.25, -0.2) is 4.79 Å². The van der Waals surface area contributed by atoms with Crippen molar-refractivity contribution in [3.63, 3.8) is 0 Å². The Hall–Kier alpha value is -3.67. The average Bonchev–Trinajstić information content (AvgIpc) is 2.72. The molecule has 0 saturated carbocycles. The van der Waals surface area contributed by atoms with Gasteiger partial charge in [0.05, 0.1) is 5.69 Å². The highest BCUT2D eigenvalue weighted by molar-refractivity contribution is 6.04. The Bertz CT molecular complexity index is 1060. The first-order valence-electron chi connectivity index (χ1n) is 9.16. The normalized spacial score (nSPS) is 11.5. The fourth-order valence-electron chi connectivity index (χ4n) is 2.82. The molecule has 0 aliphatic rings. The van der Waals surface area contributed by atoms with Crippen molar-refractivity contribution in [2.45, 2.75) is 20.0 Å². The van der Waals surface area contributed by atoms with Crippen LogP contribution >= 0.6 is 0 Å². The summed E-state index contributed by atoms with van der Waals surface area (Å²) in [7, 11) is 0. The zero-order chi connectivity index (χ0) is 20.8. The Labute approximate surface area is 168 Å². The number of anilines is 1. The van der Waals surface area contributed by atoms with Gasteiger partial charge in [-0.3, -0.25) is 9.59 Å². The predicted octanol–water partition coefficient (Wildman–Crippen LogP) is 3.99. The molecule has 3 aromatic carbocycles. The van der Waals surface area contributed by atoms with E-state index in [1.54, 1.807) is 30.3 Å². The highest BCUT2D eigenvalue weighted by atomic mass is 16.6. The van der Waals surface area contributed by atoms with Crippen molar-refractivity contribution in [2.75, 3.05) is 11.9 Å². The van der Waals surface area contributed by atoms with Gasteiger partial charge in [-0.05, 0) is 48.9 Å². The van der Waals surface area contributed by atoms with Crippen molar-refractivity contribution in [3.8, 4) is 5.75 Å². The maximum atomic E-state index is 12.3. The van der Waals surface area contributed by atoms with Gasteiger partial charge < -0.3 is 14.8 Å². The van der Waals surface area contributed by atoms with E-state index in [-0.39, 0.29) is 12.4 Å². The molecule has 1 N–H and O–H groups in total. The minimum atomic E-state index is -1.04. The maximum absolute atomic E-state index is 12.3. The molecule has 3 rings (SSSR count). The van der Waals surface area contributed by atoms with Gasteiger partial charge in [0.2, 0.25) is 0 Å². The summed E-state index contributed by atoms with van der Waals surface area (Å²) in [6.45, 7) is 2.55. The number of esters is 1. The van der Waals surface area contributed by atoms with Gasteiger partial charge in [0.15, 0.2) is 18.5 Å². The van der Waals surface area contributed by atoms with Gasteiger partial charge in [-0.1, -0.05) is 42.5 Å². The van der Waals surface area contributed by atoms with Crippen LogP contribution in [0.4, 0.5) is 5.69 Å². The van der Waals surface area contributed by atoms with Gasteiger partial charge in [0.25, 0.3) is 5.91 Å². The van der Waals surface area contributed by atoms with Crippen LogP contribution in [0.15, 0.2) is 66.7 Å². The molecule has 0 heterocycles. The smallest absolute Gasteiger partial charge is 0.344 e. The number of ketones is 1. The van der Waals surface area contributed by atoms with E-state index in [4.69, 9.17) is 9.47 Å². The number of carbonyl (C=O) groups excluding carboxylic acids is 3. The third-order valence-electron chi connectivity index (χ3n) is 4.32. The highest BCUT2D eigenvalue weighted by Gasteiger charge is 2.20. The molecular weight excluding hydrogens is 370 g/mol. The number of Topliss-reactive ketones (excluding diaryl/α,β-unsaturated/α-hetero) is 1. The molecule has 3 aromatic rings. The highest BCUT2D eigenvalue weighted by Crippen LogP contribution is 2.20. The topological polar surface area (TPSA) is 81.7 Å². The minimum absolute atomic E-state index is 0.172. The second-order valence-electron chi connectivity index (χ2n) is 6.52. The first kappa shape index (κ1) is 20.1. The van der Waals surface area contributed by atoms with Crippen LogP contribution in [0.2, 0.25) is 0 Å². The van der Waals surface area contributed by atoms with Gasteiger partial charge in [0, 0.05) is 5.56 Å². The van der Waals surface area contributed by atoms with Gasteiger partial charge in [-0.2, -0.15) is 0 Å². The Kier molecular flexibility index (Phi) is 6.24. The summed E-state index contributed by atoms with van der Waals surface area (Å²) in [6, 6.07) is 19.9. The van der Waals surface area contributed by atoms with Crippen molar-refractivity contribution in [2.24, 2.45) is 0 Å². The molecule has 29 heavy (non-hydrogen) atoms. The summed E-state index contributed by atoms with van der Waals surface area (Å²) in [6.07, 6.45) is -1.04. The number of ether oxygens (including phenoxy) is 2. The fraction of sp³-hybridized carbons (Fsp3) is 0.174. The largest absolute Gasteiger partial charge is 0.482 e. The number of benzene rings is 3. The summed E-state index contributed by atoms with van der Waals surface area (Å²) in [5, 5.41) is 4.68. The molecule has 0 aliphatic carbocycles. The molecule has 6 heteroatoms. The lowest BCUT2D eigenvalue weighted by Gasteiger charge is -2.15. The SMILES string of the molecule is CC(=O)c1ccccc1NC(=O)C(C)OC(=O)COc1ccc2ccccc2c1. The summed E-state index contributed by atoms with van der Waals surface area (Å²) >= 11 is 0. The number of nitrogens with one attached hydrogen (secondary N) is 1. The Morgan fingerprint density at radius 1 is 0.931 bits per heavy atom. The third kappa shape index (κ3) is 5.19. The van der Waals surface area contributed by atoms with Crippen LogP contribution in [-0.4, -0.2) is 30.4 Å². The van der Waals surface area contributed by atoms with Crippen molar-refractivity contribution in [3.05, 3.63) is 72.3 Å². The van der Waals surface area contributed by atoms with Crippen molar-refractivity contribution in [1.29, 1.82) is 0 Å². The van der Waals surface area contributed by atoms with Crippen LogP contribution in [0.5, 0.6) is 5.75 Å². The number of carbonyl (C=O) groups is 3. The Morgan fingerprint density at radius 3 is 2.38 bits per heavy atom. The van der Waals surface area contributed by atoms with Gasteiger partial charge in [0.1, 0.15) is 5.75 Å². The van der Waals surface area contributed by atoms with Gasteiger partial charge >= 0.3 is 5.97 Å². The summed E-state index contributed by atoms with van der Waals surface area (Å²) < 4.78 is 10.6. The van der Waals surface area contributed by atoms with E-state index in [1.165, 1.54) is 13.8 Å². The average molecular weight is 391 g/mol. The van der Waals surface area contributed by atoms with Gasteiger partial charge in [-0.15, -0.1) is 0 Å². The number of amides is 1. The first-order valence-corrected chi connectivity index (χ1v) is 9.16. The van der Waals surface area contributed by atoms with E-state index >= 15 is 0 Å². The molecule has 0 aliphatic heterocycles. The molecule has 1 unspecified atom stereocenters. The van der Waals surface area contributed by atoms with E-state index in [1.807, 2.05) is 36.4 Å². The standard InChI is InChI=1S/C23H21NO5/c1-15(25)20-9-5-6-10-21(20)24-23(27)16(2)29-22(26)14-28-19-12-11-17-7-3-4-8-18(17)13-19/h3-13,16H,14H2,1-2H3,(H,24,27). The lowest BCUT2D eigenvalue weighted by molar-refractivity contribution is -0.155. The Morgan fingerprint density at radius 2 is 1.62 bits per heavy atom. The Balaban J connectivity index is 1.54. The van der Waals surface area contributed by atoms with Crippen LogP contribution in [0.3, 0.4) is 0 Å². The summed E-state index contributed by atoms with van der Waals surface area (Å²) in [4.78, 5) is 36.0. The van der Waals surface area contributed by atoms with E-state index in [0.29, 0.717) is 17.0 Å². The number of fused-ring (bicyclic) bond motifs is 1. The summed E-state index contributed by atoms with van der Waals surface area (Å²) in [5.74, 6) is -0.833. The lowest BCUT2D eigenvalue weighted by atomic mass is 10.1. The van der Waals surface area contributed by atoms with E-state index in [9.17, 15) is 14.4 Å². The van der Waals surface area contributed by atoms with Crippen LogP contribution in [0.1, 0.15) is 24.2 Å². The lowest BCUT2D eigenvalue weighted by Crippen LogP contribution is -2.32. The van der Waals surface area contributed by atoms with Crippen LogP contribution in [0.25, 0.3) is 10.8 Å². The fourth-order valence-corrected chi connectivity index (χ4v) is 2.82. The van der Waals surface area contributed by atoms with Crippen LogP contribution in [0, 0.1) is 0 Å². The van der Waals surface area contributed by atoms with E-state index < -0.39 is 18.0 Å². The molecule has 0 fully saturated rings. The number of hydrogen-bond donors (Lipinski definition) is 1. The summed E-state index contributed by atoms with van der Waals surface area (Å²) in [5.41, 5.74) is 0.763. The van der Waals surface area contributed by atoms with Crippen LogP contribution in [-0.2, 0) is 14.3 Å². The molecule has 0 radical (unpaired) electrons. The second-order valence-corrected chi connectivity index (χ2v) is 6.52. The molecule has 0 aromatic heterocycles. The van der Waals surface area contributed by atoms with Crippen LogP contribution < -0.4 is 10.1 Å². The quantitative estimate of drug-likeness (QED) is 0.486. The maximum Gasteiger partial charge on any atom is 0.344 e. The molecule has 148 valence electrons. The molecule has 1 atom stereocenters. The van der Waals surface area contributed by atoms with Crippen molar-refractivity contribution < 1.29 is 23.9 Å².